The van der Waals surface area contributed by atoms with E-state index in [0.29, 0.717) is 13.0 Å². The van der Waals surface area contributed by atoms with Crippen LogP contribution in [0.4, 0.5) is 5.69 Å². The number of hydrogen-bond acceptors (Lipinski definition) is 5. The van der Waals surface area contributed by atoms with Crippen LogP contribution < -0.4 is 9.62 Å². The fourth-order valence-corrected chi connectivity index (χ4v) is 4.80. The number of morpholine rings is 1. The van der Waals surface area contributed by atoms with Crippen LogP contribution in [0.15, 0.2) is 23.1 Å². The number of benzene rings is 1. The van der Waals surface area contributed by atoms with Crippen molar-refractivity contribution in [1.82, 2.24) is 9.62 Å². The van der Waals surface area contributed by atoms with Crippen molar-refractivity contribution in [3.8, 4) is 0 Å². The third-order valence-corrected chi connectivity index (χ3v) is 6.42. The lowest BCUT2D eigenvalue weighted by molar-refractivity contribution is -0.116. The molecule has 0 aromatic heterocycles. The third kappa shape index (κ3) is 4.25. The van der Waals surface area contributed by atoms with Gasteiger partial charge in [0.2, 0.25) is 15.9 Å². The van der Waals surface area contributed by atoms with Crippen molar-refractivity contribution < 1.29 is 17.9 Å². The molecule has 1 fully saturated rings. The Bertz CT molecular complexity index is 760. The van der Waals surface area contributed by atoms with Crippen LogP contribution >= 0.6 is 0 Å². The number of amides is 1. The Kier molecular flexibility index (Phi) is 5.96. The molecule has 0 radical (unpaired) electrons. The smallest absolute Gasteiger partial charge is 0.240 e. The minimum Gasteiger partial charge on any atom is -0.379 e. The largest absolute Gasteiger partial charge is 0.379 e. The maximum atomic E-state index is 12.6. The number of nitrogens with zero attached hydrogens (tertiary/aromatic N) is 2. The highest BCUT2D eigenvalue weighted by atomic mass is 32.2. The van der Waals surface area contributed by atoms with Crippen molar-refractivity contribution in [2.75, 3.05) is 44.3 Å². The Morgan fingerprint density at radius 1 is 1.31 bits per heavy atom. The zero-order valence-electron chi connectivity index (χ0n) is 15.4. The van der Waals surface area contributed by atoms with Crippen LogP contribution in [0.1, 0.15) is 25.8 Å². The zero-order chi connectivity index (χ0) is 18.7. The fourth-order valence-electron chi connectivity index (χ4n) is 3.67. The van der Waals surface area contributed by atoms with E-state index >= 15 is 0 Å². The van der Waals surface area contributed by atoms with Gasteiger partial charge in [-0.05, 0) is 50.1 Å². The van der Waals surface area contributed by atoms with E-state index < -0.39 is 10.0 Å². The molecule has 144 valence electrons. The quantitative estimate of drug-likeness (QED) is 0.744. The van der Waals surface area contributed by atoms with E-state index in [4.69, 9.17) is 4.74 Å². The van der Waals surface area contributed by atoms with Gasteiger partial charge in [-0.1, -0.05) is 0 Å². The maximum absolute atomic E-state index is 12.6. The molecule has 1 aromatic carbocycles. The Balaban J connectivity index is 1.59. The molecule has 0 bridgehead atoms. The van der Waals surface area contributed by atoms with E-state index in [1.54, 1.807) is 23.1 Å². The van der Waals surface area contributed by atoms with Gasteiger partial charge in [0.25, 0.3) is 0 Å². The molecular formula is C18H27N3O4S. The summed E-state index contributed by atoms with van der Waals surface area (Å²) < 4.78 is 33.1. The van der Waals surface area contributed by atoms with Gasteiger partial charge in [0, 0.05) is 38.3 Å². The Labute approximate surface area is 155 Å². The van der Waals surface area contributed by atoms with Crippen molar-refractivity contribution in [3.63, 3.8) is 0 Å². The lowest BCUT2D eigenvalue weighted by Crippen LogP contribution is -2.38. The number of sulfonamides is 1. The lowest BCUT2D eigenvalue weighted by atomic mass is 10.1. The highest BCUT2D eigenvalue weighted by molar-refractivity contribution is 7.89. The summed E-state index contributed by atoms with van der Waals surface area (Å²) in [5.74, 6) is -0.0203. The van der Waals surface area contributed by atoms with E-state index in [2.05, 4.69) is 9.62 Å². The minimum atomic E-state index is -3.54. The molecule has 1 atom stereocenters. The highest BCUT2D eigenvalue weighted by Crippen LogP contribution is 2.33. The average Bonchev–Trinajstić information content (AvgIpc) is 2.94. The van der Waals surface area contributed by atoms with Crippen molar-refractivity contribution in [2.45, 2.75) is 37.6 Å². The Morgan fingerprint density at radius 3 is 2.73 bits per heavy atom. The first-order valence-corrected chi connectivity index (χ1v) is 10.6. The molecule has 1 N–H and O–H groups in total. The van der Waals surface area contributed by atoms with Gasteiger partial charge in [-0.15, -0.1) is 0 Å². The Hall–Kier alpha value is -1.48. The third-order valence-electron chi connectivity index (χ3n) is 4.96. The van der Waals surface area contributed by atoms with Crippen LogP contribution in [0.2, 0.25) is 0 Å². The summed E-state index contributed by atoms with van der Waals surface area (Å²) >= 11 is 0. The molecule has 1 saturated heterocycles. The lowest BCUT2D eigenvalue weighted by Gasteiger charge is -2.26. The summed E-state index contributed by atoms with van der Waals surface area (Å²) in [7, 11) is -3.54. The molecular weight excluding hydrogens is 354 g/mol. The second-order valence-corrected chi connectivity index (χ2v) is 8.70. The summed E-state index contributed by atoms with van der Waals surface area (Å²) in [6.07, 6.45) is 1.44. The van der Waals surface area contributed by atoms with Crippen LogP contribution in [0.5, 0.6) is 0 Å². The van der Waals surface area contributed by atoms with Crippen molar-refractivity contribution >= 4 is 21.6 Å². The average molecular weight is 381 g/mol. The molecule has 1 aromatic rings. The molecule has 0 spiro atoms. The first-order valence-electron chi connectivity index (χ1n) is 9.11. The normalized spacial score (nSPS) is 21.0. The molecule has 3 rings (SSSR count). The SMILES string of the molecule is CC(=O)N1c2ccc(S(=O)(=O)NCCCN3CCOCC3)cc2C[C@@H]1C. The monoisotopic (exact) mass is 381 g/mol. The zero-order valence-corrected chi connectivity index (χ0v) is 16.2. The van der Waals surface area contributed by atoms with Gasteiger partial charge in [-0.2, -0.15) is 0 Å². The predicted octanol–water partition coefficient (Wildman–Crippen LogP) is 0.985. The number of rotatable bonds is 6. The molecule has 0 aliphatic carbocycles. The Morgan fingerprint density at radius 2 is 2.04 bits per heavy atom. The minimum absolute atomic E-state index is 0.0203. The molecule has 2 heterocycles. The molecule has 0 saturated carbocycles. The fraction of sp³-hybridized carbons (Fsp3) is 0.611. The summed E-state index contributed by atoms with van der Waals surface area (Å²) in [6.45, 7) is 8.08. The molecule has 2 aliphatic rings. The van der Waals surface area contributed by atoms with Gasteiger partial charge < -0.3 is 9.64 Å². The number of anilines is 1. The molecule has 2 aliphatic heterocycles. The van der Waals surface area contributed by atoms with E-state index in [1.165, 1.54) is 6.92 Å². The maximum Gasteiger partial charge on any atom is 0.240 e. The number of nitrogens with one attached hydrogen (secondary N) is 1. The summed E-state index contributed by atoms with van der Waals surface area (Å²) in [6, 6.07) is 5.07. The first kappa shape index (κ1) is 19.3. The number of carbonyl (C=O) groups is 1. The summed E-state index contributed by atoms with van der Waals surface area (Å²) in [5.41, 5.74) is 1.72. The van der Waals surface area contributed by atoms with E-state index in [-0.39, 0.29) is 16.8 Å². The van der Waals surface area contributed by atoms with Crippen LogP contribution in [-0.2, 0) is 26.0 Å². The molecule has 0 unspecified atom stereocenters. The van der Waals surface area contributed by atoms with Gasteiger partial charge in [-0.3, -0.25) is 9.69 Å². The highest BCUT2D eigenvalue weighted by Gasteiger charge is 2.30. The molecule has 7 nitrogen and oxygen atoms in total. The van der Waals surface area contributed by atoms with E-state index in [9.17, 15) is 13.2 Å². The van der Waals surface area contributed by atoms with Crippen molar-refractivity contribution in [3.05, 3.63) is 23.8 Å². The second-order valence-electron chi connectivity index (χ2n) is 6.94. The van der Waals surface area contributed by atoms with Crippen molar-refractivity contribution in [1.29, 1.82) is 0 Å². The molecule has 26 heavy (non-hydrogen) atoms. The summed E-state index contributed by atoms with van der Waals surface area (Å²) in [5, 5.41) is 0. The number of fused-ring (bicyclic) bond motifs is 1. The number of hydrogen-bond donors (Lipinski definition) is 1. The predicted molar refractivity (Wildman–Crippen MR) is 99.8 cm³/mol. The van der Waals surface area contributed by atoms with Crippen molar-refractivity contribution in [2.24, 2.45) is 0 Å². The van der Waals surface area contributed by atoms with E-state index in [1.807, 2.05) is 6.92 Å². The van der Waals surface area contributed by atoms with Gasteiger partial charge in [0.15, 0.2) is 0 Å². The van der Waals surface area contributed by atoms with Crippen LogP contribution in [-0.4, -0.2) is 64.7 Å². The number of ether oxygens (including phenoxy) is 1. The molecule has 8 heteroatoms. The van der Waals surface area contributed by atoms with Crippen LogP contribution in [0.3, 0.4) is 0 Å². The van der Waals surface area contributed by atoms with Gasteiger partial charge in [-0.25, -0.2) is 13.1 Å². The standard InChI is InChI=1S/C18H27N3O4S/c1-14-12-16-13-17(4-5-18(16)21(14)15(2)22)26(23,24)19-6-3-7-20-8-10-25-11-9-20/h4-5,13-14,19H,3,6-12H2,1-2H3/t14-/m0/s1. The second kappa shape index (κ2) is 8.04. The summed E-state index contributed by atoms with van der Waals surface area (Å²) in [4.78, 5) is 16.1. The first-order chi connectivity index (χ1) is 12.4. The number of carbonyl (C=O) groups excluding carboxylic acids is 1. The van der Waals surface area contributed by atoms with Gasteiger partial charge >= 0.3 is 0 Å². The molecule has 1 amide bonds. The topological polar surface area (TPSA) is 79.0 Å². The van der Waals surface area contributed by atoms with Crippen LogP contribution in [0.25, 0.3) is 0 Å². The van der Waals surface area contributed by atoms with Crippen LogP contribution in [0, 0.1) is 0 Å². The van der Waals surface area contributed by atoms with Gasteiger partial charge in [0.05, 0.1) is 18.1 Å². The van der Waals surface area contributed by atoms with Gasteiger partial charge in [0.1, 0.15) is 0 Å². The van der Waals surface area contributed by atoms with E-state index in [0.717, 1.165) is 50.5 Å².